The van der Waals surface area contributed by atoms with Gasteiger partial charge in [-0.3, -0.25) is 4.79 Å². The number of aromatic nitrogens is 2. The molecule has 1 fully saturated rings. The Morgan fingerprint density at radius 3 is 2.74 bits per heavy atom. The zero-order valence-corrected chi connectivity index (χ0v) is 11.2. The first-order chi connectivity index (χ1) is 9.02. The highest BCUT2D eigenvalue weighted by atomic mass is 16.5. The lowest BCUT2D eigenvalue weighted by molar-refractivity contribution is -0.116. The van der Waals surface area contributed by atoms with Gasteiger partial charge < -0.3 is 9.64 Å². The molecule has 0 aliphatic carbocycles. The van der Waals surface area contributed by atoms with Crippen LogP contribution in [-0.4, -0.2) is 47.0 Å². The summed E-state index contributed by atoms with van der Waals surface area (Å²) in [5.41, 5.74) is 0. The minimum Gasteiger partial charge on any atom is -0.481 e. The maximum Gasteiger partial charge on any atom is 0.333 e. The smallest absolute Gasteiger partial charge is 0.333 e. The van der Waals surface area contributed by atoms with Crippen molar-refractivity contribution >= 4 is 17.8 Å². The standard InChI is InChI=1S/C12H16N4O3/c1-8(2)5-15-6-11(17)16(12(15)18)9-4-10(19-3)14-7-13-9/h4,7-8H,5-6H2,1-3H3. The number of hydrogen-bond acceptors (Lipinski definition) is 5. The minimum absolute atomic E-state index is 0.0866. The van der Waals surface area contributed by atoms with Crippen LogP contribution in [0.2, 0.25) is 0 Å². The van der Waals surface area contributed by atoms with Gasteiger partial charge in [0, 0.05) is 12.6 Å². The molecule has 19 heavy (non-hydrogen) atoms. The first-order valence-corrected chi connectivity index (χ1v) is 6.00. The Kier molecular flexibility index (Phi) is 3.64. The van der Waals surface area contributed by atoms with Crippen LogP contribution >= 0.6 is 0 Å². The Morgan fingerprint density at radius 1 is 1.37 bits per heavy atom. The topological polar surface area (TPSA) is 75.6 Å². The highest BCUT2D eigenvalue weighted by Gasteiger charge is 2.38. The molecule has 2 heterocycles. The van der Waals surface area contributed by atoms with E-state index in [0.717, 1.165) is 4.90 Å². The molecule has 1 aromatic heterocycles. The number of hydrogen-bond donors (Lipinski definition) is 0. The second-order valence-electron chi connectivity index (χ2n) is 4.70. The van der Waals surface area contributed by atoms with Crippen LogP contribution < -0.4 is 9.64 Å². The molecule has 0 atom stereocenters. The average Bonchev–Trinajstić information content (AvgIpc) is 2.64. The molecular formula is C12H16N4O3. The van der Waals surface area contributed by atoms with Crippen molar-refractivity contribution in [1.82, 2.24) is 14.9 Å². The predicted octanol–water partition coefficient (Wildman–Crippen LogP) is 0.910. The number of ether oxygens (including phenoxy) is 1. The van der Waals surface area contributed by atoms with Crippen LogP contribution in [0.1, 0.15) is 13.8 Å². The largest absolute Gasteiger partial charge is 0.481 e. The van der Waals surface area contributed by atoms with E-state index in [-0.39, 0.29) is 24.3 Å². The fourth-order valence-electron chi connectivity index (χ4n) is 1.92. The SMILES string of the molecule is COc1cc(N2C(=O)CN(CC(C)C)C2=O)ncn1. The highest BCUT2D eigenvalue weighted by molar-refractivity contribution is 6.19. The summed E-state index contributed by atoms with van der Waals surface area (Å²) < 4.78 is 4.96. The summed E-state index contributed by atoms with van der Waals surface area (Å²) in [6.07, 6.45) is 1.26. The third kappa shape index (κ3) is 2.64. The molecule has 7 heteroatoms. The molecule has 0 spiro atoms. The molecule has 2 rings (SSSR count). The molecule has 0 radical (unpaired) electrons. The summed E-state index contributed by atoms with van der Waals surface area (Å²) in [5.74, 6) is 0.573. The van der Waals surface area contributed by atoms with Crippen LogP contribution in [0.15, 0.2) is 12.4 Å². The van der Waals surface area contributed by atoms with Crippen molar-refractivity contribution in [2.45, 2.75) is 13.8 Å². The number of nitrogens with zero attached hydrogens (tertiary/aromatic N) is 4. The van der Waals surface area contributed by atoms with Crippen LogP contribution in [0, 0.1) is 5.92 Å². The molecule has 7 nitrogen and oxygen atoms in total. The van der Waals surface area contributed by atoms with Crippen molar-refractivity contribution in [1.29, 1.82) is 0 Å². The lowest BCUT2D eigenvalue weighted by Gasteiger charge is -2.18. The number of amides is 3. The number of imide groups is 1. The number of methoxy groups -OCH3 is 1. The second kappa shape index (κ2) is 5.21. The van der Waals surface area contributed by atoms with Crippen LogP contribution in [-0.2, 0) is 4.79 Å². The lowest BCUT2D eigenvalue weighted by atomic mass is 10.2. The second-order valence-corrected chi connectivity index (χ2v) is 4.70. The summed E-state index contributed by atoms with van der Waals surface area (Å²) in [6, 6.07) is 1.12. The van der Waals surface area contributed by atoms with Gasteiger partial charge in [-0.15, -0.1) is 0 Å². The minimum atomic E-state index is -0.348. The van der Waals surface area contributed by atoms with Crippen molar-refractivity contribution in [3.05, 3.63) is 12.4 Å². The fraction of sp³-hybridized carbons (Fsp3) is 0.500. The summed E-state index contributed by atoms with van der Waals surface area (Å²) >= 11 is 0. The van der Waals surface area contributed by atoms with Crippen molar-refractivity contribution in [2.75, 3.05) is 25.1 Å². The van der Waals surface area contributed by atoms with Gasteiger partial charge in [-0.1, -0.05) is 13.8 Å². The molecule has 0 unspecified atom stereocenters. The lowest BCUT2D eigenvalue weighted by Crippen LogP contribution is -2.35. The van der Waals surface area contributed by atoms with E-state index in [1.54, 1.807) is 0 Å². The number of rotatable bonds is 4. The third-order valence-corrected chi connectivity index (χ3v) is 2.69. The van der Waals surface area contributed by atoms with E-state index in [9.17, 15) is 9.59 Å². The maximum absolute atomic E-state index is 12.2. The van der Waals surface area contributed by atoms with Gasteiger partial charge in [-0.25, -0.2) is 19.7 Å². The fourth-order valence-corrected chi connectivity index (χ4v) is 1.92. The molecular weight excluding hydrogens is 248 g/mol. The van der Waals surface area contributed by atoms with Crippen molar-refractivity contribution in [3.63, 3.8) is 0 Å². The predicted molar refractivity (Wildman–Crippen MR) is 67.9 cm³/mol. The van der Waals surface area contributed by atoms with E-state index in [1.807, 2.05) is 13.8 Å². The number of anilines is 1. The summed E-state index contributed by atoms with van der Waals surface area (Å²) in [4.78, 5) is 34.5. The maximum atomic E-state index is 12.2. The Balaban J connectivity index is 2.24. The van der Waals surface area contributed by atoms with Gasteiger partial charge in [0.15, 0.2) is 5.82 Å². The molecule has 1 aliphatic rings. The van der Waals surface area contributed by atoms with Crippen molar-refractivity contribution in [2.24, 2.45) is 5.92 Å². The van der Waals surface area contributed by atoms with Gasteiger partial charge in [-0.05, 0) is 5.92 Å². The zero-order chi connectivity index (χ0) is 14.0. The zero-order valence-electron chi connectivity index (χ0n) is 11.2. The van der Waals surface area contributed by atoms with Crippen LogP contribution in [0.3, 0.4) is 0 Å². The third-order valence-electron chi connectivity index (χ3n) is 2.69. The van der Waals surface area contributed by atoms with Crippen LogP contribution in [0.5, 0.6) is 5.88 Å². The first-order valence-electron chi connectivity index (χ1n) is 6.00. The molecule has 0 aromatic carbocycles. The average molecular weight is 264 g/mol. The quantitative estimate of drug-likeness (QED) is 0.755. The monoisotopic (exact) mass is 264 g/mol. The van der Waals surface area contributed by atoms with Crippen molar-refractivity contribution in [3.8, 4) is 5.88 Å². The highest BCUT2D eigenvalue weighted by Crippen LogP contribution is 2.21. The Labute approximate surface area is 111 Å². The van der Waals surface area contributed by atoms with Crippen LogP contribution in [0.25, 0.3) is 0 Å². The van der Waals surface area contributed by atoms with E-state index in [2.05, 4.69) is 9.97 Å². The Morgan fingerprint density at radius 2 is 2.11 bits per heavy atom. The Hall–Kier alpha value is -2.18. The molecule has 1 aromatic rings. The molecule has 0 saturated carbocycles. The number of urea groups is 1. The van der Waals surface area contributed by atoms with E-state index in [1.165, 1.54) is 24.4 Å². The van der Waals surface area contributed by atoms with Gasteiger partial charge in [0.2, 0.25) is 5.88 Å². The van der Waals surface area contributed by atoms with Gasteiger partial charge in [0.1, 0.15) is 12.9 Å². The summed E-state index contributed by atoms with van der Waals surface area (Å²) in [6.45, 7) is 4.62. The van der Waals surface area contributed by atoms with E-state index >= 15 is 0 Å². The van der Waals surface area contributed by atoms with Crippen LogP contribution in [0.4, 0.5) is 10.6 Å². The molecule has 0 N–H and O–H groups in total. The van der Waals surface area contributed by atoms with E-state index < -0.39 is 0 Å². The van der Waals surface area contributed by atoms with Gasteiger partial charge >= 0.3 is 6.03 Å². The van der Waals surface area contributed by atoms with E-state index in [4.69, 9.17) is 4.74 Å². The van der Waals surface area contributed by atoms with Crippen molar-refractivity contribution < 1.29 is 14.3 Å². The van der Waals surface area contributed by atoms with E-state index in [0.29, 0.717) is 18.3 Å². The molecule has 3 amide bonds. The Bertz CT molecular complexity index is 504. The summed E-state index contributed by atoms with van der Waals surface area (Å²) in [5, 5.41) is 0. The van der Waals surface area contributed by atoms with Gasteiger partial charge in [0.05, 0.1) is 7.11 Å². The first kappa shape index (κ1) is 13.3. The molecule has 102 valence electrons. The molecule has 0 bridgehead atoms. The number of carbonyl (C=O) groups is 2. The van der Waals surface area contributed by atoms with Gasteiger partial charge in [-0.2, -0.15) is 0 Å². The molecule has 1 saturated heterocycles. The summed E-state index contributed by atoms with van der Waals surface area (Å²) in [7, 11) is 1.46. The van der Waals surface area contributed by atoms with Gasteiger partial charge in [0.25, 0.3) is 5.91 Å². The number of carbonyl (C=O) groups excluding carboxylic acids is 2. The molecule has 1 aliphatic heterocycles. The normalized spacial score (nSPS) is 15.6.